The molecule has 0 saturated carbocycles. The van der Waals surface area contributed by atoms with Crippen molar-refractivity contribution in [2.45, 2.75) is 52.4 Å². The maximum Gasteiger partial charge on any atom is 0.341 e. The van der Waals surface area contributed by atoms with Crippen LogP contribution in [0.1, 0.15) is 52.1 Å². The largest absolute Gasteiger partial charge is 0.482 e. The zero-order valence-electron chi connectivity index (χ0n) is 22.9. The van der Waals surface area contributed by atoms with Crippen molar-refractivity contribution in [1.82, 2.24) is 14.8 Å². The molecule has 0 bridgehead atoms. The number of anilines is 1. The molecule has 2 aromatic carbocycles. The number of nitrogens with one attached hydrogen (secondary N) is 1. The number of ether oxygens (including phenoxy) is 2. The van der Waals surface area contributed by atoms with Crippen molar-refractivity contribution in [2.75, 3.05) is 18.2 Å². The van der Waals surface area contributed by atoms with Crippen molar-refractivity contribution >= 4 is 40.0 Å². The Hall–Kier alpha value is -3.63. The number of hydrogen-bond donors (Lipinski definition) is 1. The molecule has 10 heteroatoms. The number of carbonyl (C=O) groups excluding carboxylic acids is 2. The van der Waals surface area contributed by atoms with Gasteiger partial charge in [0, 0.05) is 17.0 Å². The van der Waals surface area contributed by atoms with Gasteiger partial charge in [-0.3, -0.25) is 4.79 Å². The van der Waals surface area contributed by atoms with Crippen molar-refractivity contribution in [1.29, 1.82) is 0 Å². The Kier molecular flexibility index (Phi) is 9.08. The lowest BCUT2D eigenvalue weighted by Crippen LogP contribution is -2.17. The lowest BCUT2D eigenvalue weighted by atomic mass is 10.0. The van der Waals surface area contributed by atoms with Gasteiger partial charge in [-0.05, 0) is 51.8 Å². The van der Waals surface area contributed by atoms with E-state index in [9.17, 15) is 9.59 Å². The Morgan fingerprint density at radius 1 is 1.10 bits per heavy atom. The Bertz CT molecular complexity index is 1480. The van der Waals surface area contributed by atoms with Gasteiger partial charge >= 0.3 is 5.97 Å². The smallest absolute Gasteiger partial charge is 0.341 e. The second kappa shape index (κ2) is 12.5. The molecule has 1 atom stereocenters. The molecule has 8 nitrogen and oxygen atoms in total. The molecule has 204 valence electrons. The van der Waals surface area contributed by atoms with Gasteiger partial charge in [0.05, 0.1) is 12.9 Å². The number of carbonyl (C=O) groups is 2. The van der Waals surface area contributed by atoms with Crippen LogP contribution in [0.4, 0.5) is 5.00 Å². The van der Waals surface area contributed by atoms with Gasteiger partial charge in [0.1, 0.15) is 16.3 Å². The molecule has 0 radical (unpaired) electrons. The minimum Gasteiger partial charge on any atom is -0.482 e. The Balaban J connectivity index is 1.48. The number of aromatic nitrogens is 3. The highest BCUT2D eigenvalue weighted by molar-refractivity contribution is 7.99. The van der Waals surface area contributed by atoms with Crippen LogP contribution in [0.3, 0.4) is 0 Å². The third kappa shape index (κ3) is 6.34. The first kappa shape index (κ1) is 28.4. The first-order chi connectivity index (χ1) is 18.7. The molecule has 0 spiro atoms. The molecule has 0 aliphatic heterocycles. The normalized spacial score (nSPS) is 11.7. The Morgan fingerprint density at radius 3 is 2.51 bits per heavy atom. The maximum atomic E-state index is 13.0. The summed E-state index contributed by atoms with van der Waals surface area (Å²) in [5, 5.41) is 12.7. The quantitative estimate of drug-likeness (QED) is 0.171. The summed E-state index contributed by atoms with van der Waals surface area (Å²) in [6, 6.07) is 15.7. The predicted octanol–water partition coefficient (Wildman–Crippen LogP) is 6.61. The fraction of sp³-hybridized carbons (Fsp3) is 0.310. The zero-order chi connectivity index (χ0) is 28.1. The summed E-state index contributed by atoms with van der Waals surface area (Å²) in [5.74, 6) is 0.847. The molecule has 4 rings (SSSR count). The van der Waals surface area contributed by atoms with E-state index in [2.05, 4.69) is 21.6 Å². The number of methoxy groups -OCH3 is 1. The highest BCUT2D eigenvalue weighted by Gasteiger charge is 2.26. The molecule has 1 N–H and O–H groups in total. The summed E-state index contributed by atoms with van der Waals surface area (Å²) in [4.78, 5) is 26.6. The van der Waals surface area contributed by atoms with E-state index >= 15 is 0 Å². The average Bonchev–Trinajstić information content (AvgIpc) is 3.49. The van der Waals surface area contributed by atoms with Crippen LogP contribution in [0.15, 0.2) is 53.7 Å². The van der Waals surface area contributed by atoms with Crippen LogP contribution < -0.4 is 10.1 Å². The molecule has 1 amide bonds. The van der Waals surface area contributed by atoms with Crippen molar-refractivity contribution in [3.63, 3.8) is 0 Å². The third-order valence-corrected chi connectivity index (χ3v) is 8.17. The number of aryl methyl sites for hydroxylation is 3. The van der Waals surface area contributed by atoms with Crippen LogP contribution in [-0.4, -0.2) is 39.5 Å². The minimum absolute atomic E-state index is 0.0999. The maximum absolute atomic E-state index is 13.0. The summed E-state index contributed by atoms with van der Waals surface area (Å²) >= 11 is 2.64. The van der Waals surface area contributed by atoms with Gasteiger partial charge in [-0.25, -0.2) is 4.79 Å². The number of nitrogens with zero attached hydrogens (tertiary/aromatic N) is 3. The lowest BCUT2D eigenvalue weighted by Gasteiger charge is -2.17. The SMILES string of the molecule is CCn1c(SCC(=O)Nc2sc(C)c(-c3ccccc3)c2C(=O)OC)nnc1C(C)Oc1ccc(C)cc1C. The molecular formula is C29H32N4O4S2. The second-order valence-electron chi connectivity index (χ2n) is 9.05. The van der Waals surface area contributed by atoms with Crippen LogP contribution in [0.25, 0.3) is 11.1 Å². The lowest BCUT2D eigenvalue weighted by molar-refractivity contribution is -0.113. The van der Waals surface area contributed by atoms with Gasteiger partial charge < -0.3 is 19.4 Å². The number of benzene rings is 2. The van der Waals surface area contributed by atoms with Crippen molar-refractivity contribution < 1.29 is 19.1 Å². The molecule has 4 aromatic rings. The summed E-state index contributed by atoms with van der Waals surface area (Å²) in [6.45, 7) is 10.6. The fourth-order valence-electron chi connectivity index (χ4n) is 4.35. The van der Waals surface area contributed by atoms with Crippen LogP contribution in [0.2, 0.25) is 0 Å². The minimum atomic E-state index is -0.491. The van der Waals surface area contributed by atoms with E-state index in [1.807, 2.05) is 81.7 Å². The van der Waals surface area contributed by atoms with Crippen LogP contribution in [-0.2, 0) is 16.1 Å². The highest BCUT2D eigenvalue weighted by Crippen LogP contribution is 2.40. The number of esters is 1. The van der Waals surface area contributed by atoms with Gasteiger partial charge in [-0.15, -0.1) is 21.5 Å². The highest BCUT2D eigenvalue weighted by atomic mass is 32.2. The van der Waals surface area contributed by atoms with Crippen LogP contribution >= 0.6 is 23.1 Å². The Morgan fingerprint density at radius 2 is 1.85 bits per heavy atom. The van der Waals surface area contributed by atoms with Crippen molar-refractivity contribution in [3.8, 4) is 16.9 Å². The number of thiophene rings is 1. The molecule has 0 aliphatic carbocycles. The molecule has 2 heterocycles. The summed E-state index contributed by atoms with van der Waals surface area (Å²) in [5.41, 5.74) is 4.25. The molecule has 0 fully saturated rings. The zero-order valence-corrected chi connectivity index (χ0v) is 24.5. The van der Waals surface area contributed by atoms with E-state index in [1.165, 1.54) is 35.8 Å². The molecule has 39 heavy (non-hydrogen) atoms. The van der Waals surface area contributed by atoms with E-state index in [4.69, 9.17) is 9.47 Å². The van der Waals surface area contributed by atoms with E-state index in [0.29, 0.717) is 28.1 Å². The standard InChI is InChI=1S/C29H32N4O4S2/c1-7-33-26(19(4)37-22-14-13-17(2)15-18(22)3)31-32-29(33)38-16-23(34)30-27-25(28(35)36-6)24(20(5)39-27)21-11-9-8-10-12-21/h8-15,19H,7,16H2,1-6H3,(H,30,34). The topological polar surface area (TPSA) is 95.3 Å². The monoisotopic (exact) mass is 564 g/mol. The van der Waals surface area contributed by atoms with E-state index in [0.717, 1.165) is 27.3 Å². The van der Waals surface area contributed by atoms with Gasteiger partial charge in [0.2, 0.25) is 5.91 Å². The van der Waals surface area contributed by atoms with E-state index in [-0.39, 0.29) is 17.8 Å². The van der Waals surface area contributed by atoms with E-state index < -0.39 is 5.97 Å². The molecule has 0 aliphatic rings. The first-order valence-corrected chi connectivity index (χ1v) is 14.4. The van der Waals surface area contributed by atoms with E-state index in [1.54, 1.807) is 0 Å². The van der Waals surface area contributed by atoms with Gasteiger partial charge in [0.15, 0.2) is 17.1 Å². The molecule has 2 aromatic heterocycles. The molecular weight excluding hydrogens is 532 g/mol. The average molecular weight is 565 g/mol. The van der Waals surface area contributed by atoms with Crippen LogP contribution in [0, 0.1) is 20.8 Å². The second-order valence-corrected chi connectivity index (χ2v) is 11.2. The number of rotatable bonds is 10. The summed E-state index contributed by atoms with van der Waals surface area (Å²) in [7, 11) is 1.34. The summed E-state index contributed by atoms with van der Waals surface area (Å²) < 4.78 is 13.2. The van der Waals surface area contributed by atoms with Gasteiger partial charge in [-0.2, -0.15) is 0 Å². The number of thioether (sulfide) groups is 1. The fourth-order valence-corrected chi connectivity index (χ4v) is 6.24. The summed E-state index contributed by atoms with van der Waals surface area (Å²) in [6.07, 6.45) is -0.324. The molecule has 1 unspecified atom stereocenters. The number of amides is 1. The third-order valence-electron chi connectivity index (χ3n) is 6.18. The number of hydrogen-bond acceptors (Lipinski definition) is 8. The molecule has 0 saturated heterocycles. The predicted molar refractivity (Wildman–Crippen MR) is 156 cm³/mol. The Labute approximate surface area is 236 Å². The van der Waals surface area contributed by atoms with Gasteiger partial charge in [0.25, 0.3) is 0 Å². The van der Waals surface area contributed by atoms with Gasteiger partial charge in [-0.1, -0.05) is 59.8 Å². The van der Waals surface area contributed by atoms with Crippen LogP contribution in [0.5, 0.6) is 5.75 Å². The van der Waals surface area contributed by atoms with Crippen molar-refractivity contribution in [2.24, 2.45) is 0 Å². The first-order valence-electron chi connectivity index (χ1n) is 12.6. The van der Waals surface area contributed by atoms with Crippen molar-refractivity contribution in [3.05, 3.63) is 75.9 Å².